The Balaban J connectivity index is 2.56. The van der Waals surface area contributed by atoms with Gasteiger partial charge in [-0.05, 0) is 39.9 Å². The summed E-state index contributed by atoms with van der Waals surface area (Å²) < 4.78 is 39.9. The number of benzene rings is 1. The lowest BCUT2D eigenvalue weighted by atomic mass is 10.2. The Morgan fingerprint density at radius 1 is 1.33 bits per heavy atom. The van der Waals surface area contributed by atoms with Crippen LogP contribution in [0.2, 0.25) is 0 Å². The van der Waals surface area contributed by atoms with Crippen LogP contribution in [0.4, 0.5) is 13.2 Å². The van der Waals surface area contributed by atoms with Gasteiger partial charge in [0, 0.05) is 11.7 Å². The molecule has 2 rings (SSSR count). The van der Waals surface area contributed by atoms with Crippen LogP contribution in [0.25, 0.3) is 10.9 Å². The van der Waals surface area contributed by atoms with E-state index in [4.69, 9.17) is 10.7 Å². The number of aromatic nitrogens is 1. The van der Waals surface area contributed by atoms with Crippen molar-refractivity contribution < 1.29 is 17.9 Å². The minimum atomic E-state index is -4.79. The highest BCUT2D eigenvalue weighted by molar-refractivity contribution is 8.21. The van der Waals surface area contributed by atoms with Crippen molar-refractivity contribution in [3.05, 3.63) is 34.6 Å². The van der Waals surface area contributed by atoms with E-state index in [-0.39, 0.29) is 10.3 Å². The molecule has 2 aromatic rings. The summed E-state index contributed by atoms with van der Waals surface area (Å²) in [5.74, 6) is -0.447. The second kappa shape index (κ2) is 4.74. The van der Waals surface area contributed by atoms with Crippen LogP contribution in [-0.4, -0.2) is 11.3 Å². The van der Waals surface area contributed by atoms with Crippen LogP contribution in [0, 0.1) is 0 Å². The van der Waals surface area contributed by atoms with E-state index in [1.165, 1.54) is 12.3 Å². The maximum atomic E-state index is 12.1. The predicted molar refractivity (Wildman–Crippen MR) is 63.0 cm³/mol. The number of hydrogen-bond acceptors (Lipinski definition) is 3. The molecule has 1 heterocycles. The van der Waals surface area contributed by atoms with E-state index in [0.717, 1.165) is 12.1 Å². The van der Waals surface area contributed by atoms with Crippen LogP contribution in [0.5, 0.6) is 5.75 Å². The van der Waals surface area contributed by atoms with Gasteiger partial charge in [-0.25, -0.2) is 0 Å². The number of nitrogens with one attached hydrogen (secondary N) is 1. The molecule has 0 saturated carbocycles. The van der Waals surface area contributed by atoms with E-state index in [2.05, 4.69) is 9.72 Å². The Bertz CT molecular complexity index is 641. The van der Waals surface area contributed by atoms with Gasteiger partial charge in [0.25, 0.3) is 0 Å². The van der Waals surface area contributed by atoms with Crippen molar-refractivity contribution in [3.8, 4) is 5.75 Å². The van der Waals surface area contributed by atoms with Gasteiger partial charge in [0.15, 0.2) is 0 Å². The molecule has 0 saturated heterocycles. The second-order valence-electron chi connectivity index (χ2n) is 3.31. The SMILES string of the molecule is O=c1c(SCl)c[nH]c2ccc(OC(F)(F)F)cc12. The quantitative estimate of drug-likeness (QED) is 0.919. The average molecular weight is 296 g/mol. The molecule has 0 bridgehead atoms. The molecule has 8 heteroatoms. The number of aromatic amines is 1. The first-order valence-electron chi connectivity index (χ1n) is 4.60. The smallest absolute Gasteiger partial charge is 0.406 e. The Kier molecular flexibility index (Phi) is 3.45. The van der Waals surface area contributed by atoms with E-state index >= 15 is 0 Å². The van der Waals surface area contributed by atoms with Crippen molar-refractivity contribution in [2.45, 2.75) is 11.3 Å². The molecule has 18 heavy (non-hydrogen) atoms. The zero-order valence-electron chi connectivity index (χ0n) is 8.55. The summed E-state index contributed by atoms with van der Waals surface area (Å²) in [4.78, 5) is 14.8. The number of halogens is 4. The molecule has 1 N–H and O–H groups in total. The summed E-state index contributed by atoms with van der Waals surface area (Å²) in [7, 11) is 6.16. The van der Waals surface area contributed by atoms with Gasteiger partial charge >= 0.3 is 6.36 Å². The van der Waals surface area contributed by atoms with Crippen LogP contribution in [0.1, 0.15) is 0 Å². The highest BCUT2D eigenvalue weighted by Crippen LogP contribution is 2.26. The minimum Gasteiger partial charge on any atom is -0.406 e. The number of rotatable bonds is 2. The standard InChI is InChI=1S/C10H5ClF3NO2S/c11-18-8-4-15-7-2-1-5(17-10(12,13)14)3-6(7)9(8)16/h1-4H,(H,15,16). The van der Waals surface area contributed by atoms with Crippen LogP contribution in [0.15, 0.2) is 34.1 Å². The van der Waals surface area contributed by atoms with Gasteiger partial charge in [-0.1, -0.05) is 0 Å². The van der Waals surface area contributed by atoms with E-state index in [0.29, 0.717) is 16.5 Å². The van der Waals surface area contributed by atoms with Gasteiger partial charge in [0.05, 0.1) is 10.3 Å². The van der Waals surface area contributed by atoms with Crippen molar-refractivity contribution in [2.24, 2.45) is 0 Å². The Hall–Kier alpha value is -1.34. The largest absolute Gasteiger partial charge is 0.573 e. The van der Waals surface area contributed by atoms with Gasteiger partial charge in [0.2, 0.25) is 5.43 Å². The molecule has 0 radical (unpaired) electrons. The molecule has 0 unspecified atom stereocenters. The molecular formula is C10H5ClF3NO2S. The lowest BCUT2D eigenvalue weighted by Crippen LogP contribution is -2.17. The van der Waals surface area contributed by atoms with Crippen LogP contribution >= 0.6 is 21.7 Å². The number of H-pyrrole nitrogens is 1. The summed E-state index contributed by atoms with van der Waals surface area (Å²) in [6.07, 6.45) is -3.40. The summed E-state index contributed by atoms with van der Waals surface area (Å²) in [5.41, 5.74) is -0.0413. The second-order valence-corrected chi connectivity index (χ2v) is 4.37. The van der Waals surface area contributed by atoms with Crippen molar-refractivity contribution in [2.75, 3.05) is 0 Å². The number of hydrogen-bond donors (Lipinski definition) is 1. The molecule has 0 aliphatic rings. The predicted octanol–water partition coefficient (Wildman–Crippen LogP) is 3.67. The third-order valence-corrected chi connectivity index (χ3v) is 3.10. The van der Waals surface area contributed by atoms with E-state index in [1.54, 1.807) is 0 Å². The summed E-state index contributed by atoms with van der Waals surface area (Å²) in [6, 6.07) is 3.48. The third-order valence-electron chi connectivity index (χ3n) is 2.13. The first-order valence-corrected chi connectivity index (χ1v) is 6.25. The molecule has 96 valence electrons. The monoisotopic (exact) mass is 295 g/mol. The summed E-state index contributed by atoms with van der Waals surface area (Å²) in [6.45, 7) is 0. The van der Waals surface area contributed by atoms with Gasteiger partial charge in [-0.15, -0.1) is 13.2 Å². The normalized spacial score (nSPS) is 11.8. The molecule has 0 amide bonds. The first kappa shape index (κ1) is 13.1. The van der Waals surface area contributed by atoms with E-state index in [9.17, 15) is 18.0 Å². The molecule has 1 aromatic carbocycles. The molecule has 0 atom stereocenters. The average Bonchev–Trinajstić information content (AvgIpc) is 2.28. The Morgan fingerprint density at radius 3 is 2.67 bits per heavy atom. The zero-order chi connectivity index (χ0) is 13.3. The fourth-order valence-electron chi connectivity index (χ4n) is 1.43. The zero-order valence-corrected chi connectivity index (χ0v) is 10.1. The maximum absolute atomic E-state index is 12.1. The summed E-state index contributed by atoms with van der Waals surface area (Å²) in [5, 5.41) is 0.0856. The van der Waals surface area contributed by atoms with Crippen LogP contribution in [-0.2, 0) is 0 Å². The van der Waals surface area contributed by atoms with Gasteiger partial charge in [-0.3, -0.25) is 4.79 Å². The lowest BCUT2D eigenvalue weighted by molar-refractivity contribution is -0.274. The summed E-state index contributed by atoms with van der Waals surface area (Å²) >= 11 is 0. The van der Waals surface area contributed by atoms with E-state index in [1.807, 2.05) is 0 Å². The lowest BCUT2D eigenvalue weighted by Gasteiger charge is -2.09. The molecule has 0 fully saturated rings. The van der Waals surface area contributed by atoms with Gasteiger partial charge in [0.1, 0.15) is 5.75 Å². The van der Waals surface area contributed by atoms with Crippen molar-refractivity contribution in [1.82, 2.24) is 4.98 Å². The van der Waals surface area contributed by atoms with Gasteiger partial charge in [-0.2, -0.15) is 0 Å². The Labute approximate surface area is 107 Å². The molecule has 3 nitrogen and oxygen atoms in total. The first-order chi connectivity index (χ1) is 8.40. The maximum Gasteiger partial charge on any atom is 0.573 e. The van der Waals surface area contributed by atoms with Crippen LogP contribution < -0.4 is 10.2 Å². The fraction of sp³-hybridized carbons (Fsp3) is 0.100. The topological polar surface area (TPSA) is 42.1 Å². The fourth-order valence-corrected chi connectivity index (χ4v) is 2.06. The van der Waals surface area contributed by atoms with E-state index < -0.39 is 17.5 Å². The van der Waals surface area contributed by atoms with Crippen LogP contribution in [0.3, 0.4) is 0 Å². The third kappa shape index (κ3) is 2.73. The minimum absolute atomic E-state index is 0.0856. The van der Waals surface area contributed by atoms with Crippen molar-refractivity contribution in [1.29, 1.82) is 0 Å². The number of pyridine rings is 1. The number of fused-ring (bicyclic) bond motifs is 1. The highest BCUT2D eigenvalue weighted by atomic mass is 35.7. The molecule has 1 aromatic heterocycles. The van der Waals surface area contributed by atoms with Crippen molar-refractivity contribution >= 4 is 32.6 Å². The number of alkyl halides is 3. The van der Waals surface area contributed by atoms with Gasteiger partial charge < -0.3 is 9.72 Å². The highest BCUT2D eigenvalue weighted by Gasteiger charge is 2.31. The van der Waals surface area contributed by atoms with Crippen molar-refractivity contribution in [3.63, 3.8) is 0 Å². The molecule has 0 spiro atoms. The molecule has 0 aliphatic carbocycles. The molecule has 0 aliphatic heterocycles. The Morgan fingerprint density at radius 2 is 2.06 bits per heavy atom. The number of ether oxygens (including phenoxy) is 1. The molecular weight excluding hydrogens is 291 g/mol.